The highest BCUT2D eigenvalue weighted by Gasteiger charge is 2.42. The normalized spacial score (nSPS) is 29.0. The number of ketones is 1. The largest absolute Gasteiger partial charge is 0.392 e. The van der Waals surface area contributed by atoms with E-state index < -0.39 is 23.5 Å². The van der Waals surface area contributed by atoms with Crippen LogP contribution >= 0.6 is 0 Å². The van der Waals surface area contributed by atoms with Crippen LogP contribution in [0.4, 0.5) is 0 Å². The summed E-state index contributed by atoms with van der Waals surface area (Å²) in [6, 6.07) is 9.53. The topological polar surface area (TPSA) is 99.5 Å². The van der Waals surface area contributed by atoms with Crippen LogP contribution in [0.2, 0.25) is 0 Å². The molecule has 0 saturated carbocycles. The molecule has 188 valence electrons. The van der Waals surface area contributed by atoms with Crippen LogP contribution in [0.15, 0.2) is 60.3 Å². The van der Waals surface area contributed by atoms with Gasteiger partial charge in [0.25, 0.3) is 0 Å². The number of aromatic nitrogens is 1. The van der Waals surface area contributed by atoms with Gasteiger partial charge in [0.1, 0.15) is 5.78 Å². The molecular weight excluding hydrogens is 440 g/mol. The van der Waals surface area contributed by atoms with Gasteiger partial charge in [-0.15, -0.1) is 0 Å². The van der Waals surface area contributed by atoms with Crippen molar-refractivity contribution in [3.8, 4) is 0 Å². The third-order valence-electron chi connectivity index (χ3n) is 7.29. The molecule has 6 nitrogen and oxygen atoms in total. The van der Waals surface area contributed by atoms with Crippen molar-refractivity contribution >= 4 is 22.6 Å². The van der Waals surface area contributed by atoms with Crippen LogP contribution in [-0.2, 0) is 9.59 Å². The van der Waals surface area contributed by atoms with Gasteiger partial charge >= 0.3 is 0 Å². The van der Waals surface area contributed by atoms with Crippen molar-refractivity contribution in [2.45, 2.75) is 72.1 Å². The number of nitrogens with one attached hydrogen (secondary N) is 1. The summed E-state index contributed by atoms with van der Waals surface area (Å²) in [4.78, 5) is 30.7. The Morgan fingerprint density at radius 3 is 2.57 bits per heavy atom. The molecule has 2 aromatic rings. The molecule has 1 aromatic heterocycles. The molecule has 0 radical (unpaired) electrons. The van der Waals surface area contributed by atoms with Gasteiger partial charge in [-0.2, -0.15) is 0 Å². The number of carbonyl (C=O) groups excluding carboxylic acids is 2. The number of nitrogens with zero attached hydrogens (tertiary/aromatic N) is 1. The second-order valence-corrected chi connectivity index (χ2v) is 10.5. The number of benzene rings is 1. The molecule has 0 fully saturated rings. The molecule has 1 amide bonds. The maximum Gasteiger partial charge on any atom is 0.223 e. The molecule has 1 aliphatic heterocycles. The summed E-state index contributed by atoms with van der Waals surface area (Å²) in [7, 11) is 0. The van der Waals surface area contributed by atoms with Crippen LogP contribution in [0.3, 0.4) is 0 Å². The van der Waals surface area contributed by atoms with Crippen molar-refractivity contribution in [2.24, 2.45) is 17.3 Å². The maximum absolute atomic E-state index is 13.2. The van der Waals surface area contributed by atoms with Crippen molar-refractivity contribution in [1.29, 1.82) is 0 Å². The highest BCUT2D eigenvalue weighted by atomic mass is 16.3. The second kappa shape index (κ2) is 11.3. The van der Waals surface area contributed by atoms with Crippen LogP contribution in [0, 0.1) is 17.3 Å². The summed E-state index contributed by atoms with van der Waals surface area (Å²) >= 11 is 0. The van der Waals surface area contributed by atoms with E-state index in [0.717, 1.165) is 22.0 Å². The fourth-order valence-electron chi connectivity index (χ4n) is 4.64. The molecule has 0 saturated heterocycles. The first-order valence-electron chi connectivity index (χ1n) is 12.4. The van der Waals surface area contributed by atoms with Crippen LogP contribution in [0.25, 0.3) is 10.9 Å². The van der Waals surface area contributed by atoms with Gasteiger partial charge in [0.05, 0.1) is 35.6 Å². The number of allylic oxidation sites excluding steroid dienone is 3. The number of aliphatic hydroxyl groups excluding tert-OH is 2. The standard InChI is InChI=1S/C29H38N2O4/c1-18-8-6-9-19(2)27(34)20(3)28(35)29(4,5)25(32)17-26(33)31-23(14-11-18)22-13-12-21-10-7-15-30-24(21)16-22/h6-8,10-13,15-16,19-20,23,25,27,32,34H,9,14,17H2,1-5H3,(H,31,33)/t19-,20+,23?,25-,27-/m0/s1. The highest BCUT2D eigenvalue weighted by Crippen LogP contribution is 2.32. The molecule has 35 heavy (non-hydrogen) atoms. The molecule has 1 aromatic carbocycles. The highest BCUT2D eigenvalue weighted by molar-refractivity contribution is 5.88. The van der Waals surface area contributed by atoms with E-state index in [-0.39, 0.29) is 30.1 Å². The Morgan fingerprint density at radius 1 is 1.09 bits per heavy atom. The molecular formula is C29H38N2O4. The van der Waals surface area contributed by atoms with E-state index in [0.29, 0.717) is 12.8 Å². The van der Waals surface area contributed by atoms with E-state index in [1.54, 1.807) is 27.0 Å². The molecule has 0 aliphatic carbocycles. The number of pyridine rings is 1. The lowest BCUT2D eigenvalue weighted by molar-refractivity contribution is -0.143. The number of amides is 1. The Morgan fingerprint density at radius 2 is 1.83 bits per heavy atom. The van der Waals surface area contributed by atoms with Crippen LogP contribution in [-0.4, -0.2) is 39.1 Å². The van der Waals surface area contributed by atoms with E-state index in [4.69, 9.17) is 0 Å². The molecule has 0 spiro atoms. The first-order valence-corrected chi connectivity index (χ1v) is 12.4. The van der Waals surface area contributed by atoms with Crippen molar-refractivity contribution in [3.63, 3.8) is 0 Å². The third-order valence-corrected chi connectivity index (χ3v) is 7.29. The van der Waals surface area contributed by atoms with E-state index in [9.17, 15) is 19.8 Å². The van der Waals surface area contributed by atoms with Crippen molar-refractivity contribution in [3.05, 3.63) is 65.9 Å². The zero-order valence-corrected chi connectivity index (χ0v) is 21.4. The van der Waals surface area contributed by atoms with Crippen molar-refractivity contribution in [2.75, 3.05) is 0 Å². The van der Waals surface area contributed by atoms with Gasteiger partial charge in [0.15, 0.2) is 0 Å². The fourth-order valence-corrected chi connectivity index (χ4v) is 4.64. The van der Waals surface area contributed by atoms with Crippen LogP contribution in [0.5, 0.6) is 0 Å². The Bertz CT molecular complexity index is 1120. The van der Waals surface area contributed by atoms with E-state index >= 15 is 0 Å². The van der Waals surface area contributed by atoms with Gasteiger partial charge in [0.2, 0.25) is 5.91 Å². The van der Waals surface area contributed by atoms with Crippen molar-refractivity contribution in [1.82, 2.24) is 10.3 Å². The number of carbonyl (C=O) groups is 2. The molecule has 6 heteroatoms. The SMILES string of the molecule is CC1=CCC(c2ccc3cccnc3c2)NC(=O)C[C@H](O)C(C)(C)C(=O)[C@H](C)[C@@H](O)[C@@H](C)CC=C1. The predicted octanol–water partition coefficient (Wildman–Crippen LogP) is 4.67. The monoisotopic (exact) mass is 478 g/mol. The Kier molecular flexibility index (Phi) is 8.62. The number of hydrogen-bond acceptors (Lipinski definition) is 5. The smallest absolute Gasteiger partial charge is 0.223 e. The lowest BCUT2D eigenvalue weighted by Gasteiger charge is -2.34. The number of rotatable bonds is 1. The molecule has 3 rings (SSSR count). The zero-order chi connectivity index (χ0) is 25.8. The van der Waals surface area contributed by atoms with Crippen molar-refractivity contribution < 1.29 is 19.8 Å². The summed E-state index contributed by atoms with van der Waals surface area (Å²) in [5.41, 5.74) is 1.64. The van der Waals surface area contributed by atoms with E-state index in [2.05, 4.69) is 16.4 Å². The van der Waals surface area contributed by atoms with Gasteiger partial charge < -0.3 is 15.5 Å². The van der Waals surface area contributed by atoms with Gasteiger partial charge in [0, 0.05) is 17.5 Å². The molecule has 2 heterocycles. The minimum Gasteiger partial charge on any atom is -0.392 e. The van der Waals surface area contributed by atoms with E-state index in [1.807, 2.05) is 56.3 Å². The minimum absolute atomic E-state index is 0.125. The Hall–Kier alpha value is -2.83. The van der Waals surface area contributed by atoms with Crippen LogP contribution < -0.4 is 5.32 Å². The molecule has 0 bridgehead atoms. The van der Waals surface area contributed by atoms with Gasteiger partial charge in [-0.25, -0.2) is 0 Å². The lowest BCUT2D eigenvalue weighted by Crippen LogP contribution is -2.46. The zero-order valence-electron chi connectivity index (χ0n) is 21.4. The summed E-state index contributed by atoms with van der Waals surface area (Å²) in [5.74, 6) is -1.37. The second-order valence-electron chi connectivity index (χ2n) is 10.5. The van der Waals surface area contributed by atoms with E-state index in [1.165, 1.54) is 0 Å². The average molecular weight is 479 g/mol. The molecule has 1 aliphatic rings. The number of aliphatic hydroxyl groups is 2. The summed E-state index contributed by atoms with van der Waals surface area (Å²) in [6.07, 6.45) is 6.81. The summed E-state index contributed by atoms with van der Waals surface area (Å²) in [5, 5.41) is 25.7. The van der Waals surface area contributed by atoms with Crippen LogP contribution in [0.1, 0.15) is 65.5 Å². The summed E-state index contributed by atoms with van der Waals surface area (Å²) in [6.45, 7) is 8.90. The Balaban J connectivity index is 1.95. The first kappa shape index (κ1) is 26.8. The maximum atomic E-state index is 13.2. The molecule has 3 N–H and O–H groups in total. The quantitative estimate of drug-likeness (QED) is 0.553. The number of hydrogen-bond donors (Lipinski definition) is 3. The Labute approximate surface area is 208 Å². The molecule has 1 unspecified atom stereocenters. The fraction of sp³-hybridized carbons (Fsp3) is 0.483. The third kappa shape index (κ3) is 6.44. The van der Waals surface area contributed by atoms with Gasteiger partial charge in [-0.3, -0.25) is 14.6 Å². The number of Topliss-reactive ketones (excluding diaryl/α,β-unsaturated/α-hetero) is 1. The average Bonchev–Trinajstić information content (AvgIpc) is 2.84. The summed E-state index contributed by atoms with van der Waals surface area (Å²) < 4.78 is 0. The molecule has 5 atom stereocenters. The number of fused-ring (bicyclic) bond motifs is 1. The first-order chi connectivity index (χ1) is 16.5. The predicted molar refractivity (Wildman–Crippen MR) is 139 cm³/mol. The lowest BCUT2D eigenvalue weighted by atomic mass is 9.73. The van der Waals surface area contributed by atoms with Gasteiger partial charge in [-0.1, -0.05) is 69.7 Å². The minimum atomic E-state index is -1.18. The van der Waals surface area contributed by atoms with Gasteiger partial charge in [-0.05, 0) is 43.4 Å².